The Bertz CT molecular complexity index is 984. The Labute approximate surface area is 156 Å². The number of piperidine rings is 1. The molecule has 1 aliphatic rings. The number of nitrogens with one attached hydrogen (secondary N) is 2. The van der Waals surface area contributed by atoms with Gasteiger partial charge in [0, 0.05) is 30.9 Å². The maximum Gasteiger partial charge on any atom is 0.256 e. The molecule has 1 aliphatic heterocycles. The van der Waals surface area contributed by atoms with Gasteiger partial charge < -0.3 is 10.2 Å². The Kier molecular flexibility index (Phi) is 4.53. The van der Waals surface area contributed by atoms with Crippen LogP contribution in [0.25, 0.3) is 10.9 Å². The minimum Gasteiger partial charge on any atom is -0.338 e. The molecule has 0 spiro atoms. The standard InChI is InChI=1S/C19H20N6O2/c1-12-7-14-9-22-24-17(14)15(8-12)19(27)25-6-2-3-13(11-25)18(26)23-16-10-20-4-5-21-16/h4-5,7-10,13H,2-3,6,11H2,1H3,(H,22,24)(H,21,23,26). The van der Waals surface area contributed by atoms with Gasteiger partial charge in [0.05, 0.1) is 29.4 Å². The number of benzene rings is 1. The fourth-order valence-corrected chi connectivity index (χ4v) is 3.51. The van der Waals surface area contributed by atoms with Gasteiger partial charge in [-0.1, -0.05) is 0 Å². The molecule has 1 fully saturated rings. The zero-order chi connectivity index (χ0) is 18.8. The van der Waals surface area contributed by atoms with Crippen molar-refractivity contribution in [2.24, 2.45) is 5.92 Å². The van der Waals surface area contributed by atoms with Gasteiger partial charge in [-0.05, 0) is 37.5 Å². The summed E-state index contributed by atoms with van der Waals surface area (Å²) < 4.78 is 0. The Morgan fingerprint density at radius 3 is 2.96 bits per heavy atom. The van der Waals surface area contributed by atoms with Gasteiger partial charge in [-0.25, -0.2) is 4.98 Å². The fourth-order valence-electron chi connectivity index (χ4n) is 3.51. The normalized spacial score (nSPS) is 17.1. The van der Waals surface area contributed by atoms with E-state index < -0.39 is 0 Å². The molecule has 4 rings (SSSR count). The lowest BCUT2D eigenvalue weighted by Crippen LogP contribution is -2.44. The van der Waals surface area contributed by atoms with Crippen molar-refractivity contribution in [3.05, 3.63) is 48.0 Å². The van der Waals surface area contributed by atoms with Crippen LogP contribution in [0.4, 0.5) is 5.82 Å². The Hall–Kier alpha value is -3.29. The van der Waals surface area contributed by atoms with Gasteiger partial charge in [0.25, 0.3) is 5.91 Å². The lowest BCUT2D eigenvalue weighted by atomic mass is 9.96. The zero-order valence-corrected chi connectivity index (χ0v) is 15.0. The molecule has 0 saturated carbocycles. The van der Waals surface area contributed by atoms with Crippen LogP contribution in [0.1, 0.15) is 28.8 Å². The van der Waals surface area contributed by atoms with Gasteiger partial charge >= 0.3 is 0 Å². The number of carbonyl (C=O) groups excluding carboxylic acids is 2. The average molecular weight is 364 g/mol. The van der Waals surface area contributed by atoms with Gasteiger partial charge in [-0.3, -0.25) is 19.7 Å². The zero-order valence-electron chi connectivity index (χ0n) is 15.0. The quantitative estimate of drug-likeness (QED) is 0.741. The number of aromatic nitrogens is 4. The first kappa shape index (κ1) is 17.1. The number of fused-ring (bicyclic) bond motifs is 1. The maximum absolute atomic E-state index is 13.1. The summed E-state index contributed by atoms with van der Waals surface area (Å²) in [7, 11) is 0. The minimum atomic E-state index is -0.272. The van der Waals surface area contributed by atoms with Crippen molar-refractivity contribution >= 4 is 28.5 Å². The number of H-pyrrole nitrogens is 1. The number of rotatable bonds is 3. The molecule has 2 N–H and O–H groups in total. The highest BCUT2D eigenvalue weighted by molar-refractivity contribution is 6.06. The summed E-state index contributed by atoms with van der Waals surface area (Å²) in [6.45, 7) is 2.97. The van der Waals surface area contributed by atoms with Crippen LogP contribution in [-0.4, -0.2) is 50.0 Å². The number of nitrogens with zero attached hydrogens (tertiary/aromatic N) is 4. The number of carbonyl (C=O) groups is 2. The molecule has 8 heteroatoms. The van der Waals surface area contributed by atoms with Gasteiger partial charge in [0.15, 0.2) is 5.82 Å². The molecular formula is C19H20N6O2. The third kappa shape index (κ3) is 3.51. The highest BCUT2D eigenvalue weighted by atomic mass is 16.2. The second-order valence-electron chi connectivity index (χ2n) is 6.82. The number of likely N-dealkylation sites (tertiary alicyclic amines) is 1. The van der Waals surface area contributed by atoms with E-state index in [1.165, 1.54) is 12.4 Å². The number of aryl methyl sites for hydroxylation is 1. The molecule has 8 nitrogen and oxygen atoms in total. The molecule has 2 aromatic heterocycles. The van der Waals surface area contributed by atoms with Gasteiger partial charge in [0.1, 0.15) is 0 Å². The van der Waals surface area contributed by atoms with E-state index in [0.717, 1.165) is 29.3 Å². The first-order chi connectivity index (χ1) is 13.1. The highest BCUT2D eigenvalue weighted by Crippen LogP contribution is 2.24. The van der Waals surface area contributed by atoms with E-state index in [1.807, 2.05) is 19.1 Å². The molecule has 3 aromatic rings. The maximum atomic E-state index is 13.1. The van der Waals surface area contributed by atoms with E-state index in [9.17, 15) is 9.59 Å². The Morgan fingerprint density at radius 2 is 2.15 bits per heavy atom. The van der Waals surface area contributed by atoms with Crippen molar-refractivity contribution in [1.82, 2.24) is 25.1 Å². The van der Waals surface area contributed by atoms with Crippen LogP contribution in [0.3, 0.4) is 0 Å². The van der Waals surface area contributed by atoms with Crippen LogP contribution in [0.5, 0.6) is 0 Å². The third-order valence-corrected chi connectivity index (χ3v) is 4.82. The highest BCUT2D eigenvalue weighted by Gasteiger charge is 2.30. The second kappa shape index (κ2) is 7.14. The molecule has 1 unspecified atom stereocenters. The summed E-state index contributed by atoms with van der Waals surface area (Å²) >= 11 is 0. The topological polar surface area (TPSA) is 104 Å². The average Bonchev–Trinajstić information content (AvgIpc) is 3.16. The second-order valence-corrected chi connectivity index (χ2v) is 6.82. The monoisotopic (exact) mass is 364 g/mol. The largest absolute Gasteiger partial charge is 0.338 e. The van der Waals surface area contributed by atoms with Crippen LogP contribution in [-0.2, 0) is 4.79 Å². The molecule has 27 heavy (non-hydrogen) atoms. The predicted molar refractivity (Wildman–Crippen MR) is 100 cm³/mol. The third-order valence-electron chi connectivity index (χ3n) is 4.82. The fraction of sp³-hybridized carbons (Fsp3) is 0.316. The first-order valence-electron chi connectivity index (χ1n) is 8.91. The van der Waals surface area contributed by atoms with Crippen molar-refractivity contribution in [2.75, 3.05) is 18.4 Å². The number of aromatic amines is 1. The van der Waals surface area contributed by atoms with Crippen molar-refractivity contribution in [3.8, 4) is 0 Å². The lowest BCUT2D eigenvalue weighted by molar-refractivity contribution is -0.121. The van der Waals surface area contributed by atoms with Crippen molar-refractivity contribution in [2.45, 2.75) is 19.8 Å². The Morgan fingerprint density at radius 1 is 1.26 bits per heavy atom. The molecule has 0 bridgehead atoms. The summed E-state index contributed by atoms with van der Waals surface area (Å²) in [5.41, 5.74) is 2.33. The van der Waals surface area contributed by atoms with Crippen LogP contribution >= 0.6 is 0 Å². The summed E-state index contributed by atoms with van der Waals surface area (Å²) in [5, 5.41) is 10.6. The number of anilines is 1. The molecule has 1 aromatic carbocycles. The van der Waals surface area contributed by atoms with Crippen molar-refractivity contribution in [1.29, 1.82) is 0 Å². The van der Waals surface area contributed by atoms with Crippen molar-refractivity contribution < 1.29 is 9.59 Å². The van der Waals surface area contributed by atoms with Gasteiger partial charge in [0.2, 0.25) is 5.91 Å². The molecule has 0 radical (unpaired) electrons. The van der Waals surface area contributed by atoms with Crippen LogP contribution in [0, 0.1) is 12.8 Å². The van der Waals surface area contributed by atoms with Crippen molar-refractivity contribution in [3.63, 3.8) is 0 Å². The van der Waals surface area contributed by atoms with Gasteiger partial charge in [-0.2, -0.15) is 5.10 Å². The predicted octanol–water partition coefficient (Wildman–Crippen LogP) is 2.15. The van der Waals surface area contributed by atoms with E-state index >= 15 is 0 Å². The van der Waals surface area contributed by atoms with E-state index in [4.69, 9.17) is 0 Å². The van der Waals surface area contributed by atoms with E-state index in [0.29, 0.717) is 24.5 Å². The number of hydrogen-bond donors (Lipinski definition) is 2. The molecule has 1 saturated heterocycles. The molecule has 1 atom stereocenters. The lowest BCUT2D eigenvalue weighted by Gasteiger charge is -2.32. The summed E-state index contributed by atoms with van der Waals surface area (Å²) in [5.74, 6) is -0.0653. The summed E-state index contributed by atoms with van der Waals surface area (Å²) in [6.07, 6.45) is 7.82. The van der Waals surface area contributed by atoms with Crippen LogP contribution in [0.2, 0.25) is 0 Å². The first-order valence-corrected chi connectivity index (χ1v) is 8.91. The van der Waals surface area contributed by atoms with Crippen LogP contribution in [0.15, 0.2) is 36.9 Å². The van der Waals surface area contributed by atoms with E-state index in [2.05, 4.69) is 25.5 Å². The van der Waals surface area contributed by atoms with Gasteiger partial charge in [-0.15, -0.1) is 0 Å². The molecule has 2 amide bonds. The summed E-state index contributed by atoms with van der Waals surface area (Å²) in [4.78, 5) is 35.4. The Balaban J connectivity index is 1.51. The molecule has 0 aliphatic carbocycles. The minimum absolute atomic E-state index is 0.0787. The van der Waals surface area contributed by atoms with E-state index in [-0.39, 0.29) is 17.7 Å². The molecule has 138 valence electrons. The SMILES string of the molecule is Cc1cc(C(=O)N2CCCC(C(=O)Nc3cnccn3)C2)c2[nH]ncc2c1. The number of amides is 2. The smallest absolute Gasteiger partial charge is 0.256 e. The summed E-state index contributed by atoms with van der Waals surface area (Å²) in [6, 6.07) is 3.86. The van der Waals surface area contributed by atoms with E-state index in [1.54, 1.807) is 17.3 Å². The molecular weight excluding hydrogens is 344 g/mol. The number of hydrogen-bond acceptors (Lipinski definition) is 5. The molecule has 3 heterocycles. The van der Waals surface area contributed by atoms with Crippen LogP contribution < -0.4 is 5.32 Å².